The van der Waals surface area contributed by atoms with Gasteiger partial charge in [-0.3, -0.25) is 0 Å². The van der Waals surface area contributed by atoms with Crippen LogP contribution in [0, 0.1) is 0 Å². The largest absolute Gasteiger partial charge is 0.481 e. The number of alkyl halides is 5. The third kappa shape index (κ3) is 2.52. The zero-order valence-electron chi connectivity index (χ0n) is 7.78. The summed E-state index contributed by atoms with van der Waals surface area (Å²) in [5, 5.41) is -0.728. The summed E-state index contributed by atoms with van der Waals surface area (Å²) in [5.41, 5.74) is -3.07. The molecule has 0 unspecified atom stereocenters. The van der Waals surface area contributed by atoms with Gasteiger partial charge in [-0.05, 0) is 0 Å². The van der Waals surface area contributed by atoms with Crippen LogP contribution >= 0.6 is 11.6 Å². The molecule has 0 aliphatic carbocycles. The topological polar surface area (TPSA) is 22.1 Å². The van der Waals surface area contributed by atoms with Crippen LogP contribution in [-0.2, 0) is 6.18 Å². The first-order valence-corrected chi connectivity index (χ1v) is 4.25. The van der Waals surface area contributed by atoms with Crippen LogP contribution in [0.3, 0.4) is 0 Å². The fraction of sp³-hybridized carbons (Fsp3) is 0.375. The molecule has 0 spiro atoms. The Balaban J connectivity index is 3.47. The van der Waals surface area contributed by atoms with Gasteiger partial charge < -0.3 is 4.74 Å². The predicted octanol–water partition coefficient (Wildman–Crippen LogP) is 3.70. The van der Waals surface area contributed by atoms with Crippen molar-refractivity contribution in [2.45, 2.75) is 12.6 Å². The van der Waals surface area contributed by atoms with Gasteiger partial charge in [0.2, 0.25) is 5.88 Å². The van der Waals surface area contributed by atoms with Gasteiger partial charge in [-0.2, -0.15) is 13.2 Å². The minimum absolute atomic E-state index is 0.471. The standard InChI is InChI=1S/C8H5ClF5NO/c1-16-4-2-3(9)5(7(10)11)6(15-4)8(12,13)14/h2,7H,1H3. The van der Waals surface area contributed by atoms with Crippen LogP contribution in [-0.4, -0.2) is 12.1 Å². The molecular formula is C8H5ClF5NO. The Morgan fingerprint density at radius 1 is 1.38 bits per heavy atom. The van der Waals surface area contributed by atoms with Crippen LogP contribution < -0.4 is 4.74 Å². The lowest BCUT2D eigenvalue weighted by Gasteiger charge is -2.13. The smallest absolute Gasteiger partial charge is 0.434 e. The summed E-state index contributed by atoms with van der Waals surface area (Å²) in [6.07, 6.45) is -8.37. The van der Waals surface area contributed by atoms with Crippen LogP contribution in [0.1, 0.15) is 17.7 Å². The lowest BCUT2D eigenvalue weighted by Crippen LogP contribution is -2.13. The van der Waals surface area contributed by atoms with Gasteiger partial charge in [0.05, 0.1) is 17.7 Å². The van der Waals surface area contributed by atoms with E-state index >= 15 is 0 Å². The van der Waals surface area contributed by atoms with Gasteiger partial charge in [0, 0.05) is 6.07 Å². The summed E-state index contributed by atoms with van der Waals surface area (Å²) in [4.78, 5) is 2.93. The molecule has 0 atom stereocenters. The molecule has 0 amide bonds. The van der Waals surface area contributed by atoms with Crippen molar-refractivity contribution < 1.29 is 26.7 Å². The average molecular weight is 262 g/mol. The predicted molar refractivity (Wildman–Crippen MR) is 45.8 cm³/mol. The Kier molecular flexibility index (Phi) is 3.57. The molecule has 8 heteroatoms. The molecule has 0 aliphatic heterocycles. The van der Waals surface area contributed by atoms with Gasteiger partial charge in [0.15, 0.2) is 5.69 Å². The highest BCUT2D eigenvalue weighted by molar-refractivity contribution is 6.31. The van der Waals surface area contributed by atoms with Crippen molar-refractivity contribution in [3.05, 3.63) is 22.3 Å². The maximum absolute atomic E-state index is 12.4. The maximum atomic E-state index is 12.4. The quantitative estimate of drug-likeness (QED) is 0.757. The third-order valence-electron chi connectivity index (χ3n) is 1.68. The van der Waals surface area contributed by atoms with Crippen LogP contribution in [0.2, 0.25) is 5.02 Å². The first-order valence-electron chi connectivity index (χ1n) is 3.87. The molecular weight excluding hydrogens is 257 g/mol. The number of ether oxygens (including phenoxy) is 1. The molecule has 90 valence electrons. The van der Waals surface area contributed by atoms with Crippen molar-refractivity contribution in [2.24, 2.45) is 0 Å². The molecule has 2 nitrogen and oxygen atoms in total. The number of nitrogens with zero attached hydrogens (tertiary/aromatic N) is 1. The van der Waals surface area contributed by atoms with Crippen molar-refractivity contribution in [2.75, 3.05) is 7.11 Å². The monoisotopic (exact) mass is 261 g/mol. The molecule has 0 bridgehead atoms. The first kappa shape index (κ1) is 13.0. The van der Waals surface area contributed by atoms with E-state index in [1.54, 1.807) is 0 Å². The van der Waals surface area contributed by atoms with Crippen molar-refractivity contribution in [1.82, 2.24) is 4.98 Å². The number of hydrogen-bond donors (Lipinski definition) is 0. The lowest BCUT2D eigenvalue weighted by atomic mass is 10.2. The summed E-state index contributed by atoms with van der Waals surface area (Å²) in [6.45, 7) is 0. The fourth-order valence-corrected chi connectivity index (χ4v) is 1.30. The fourth-order valence-electron chi connectivity index (χ4n) is 1.03. The van der Waals surface area contributed by atoms with Gasteiger partial charge in [0.25, 0.3) is 6.43 Å². The van der Waals surface area contributed by atoms with Crippen molar-refractivity contribution >= 4 is 11.6 Å². The highest BCUT2D eigenvalue weighted by Gasteiger charge is 2.39. The van der Waals surface area contributed by atoms with Crippen LogP contribution in [0.4, 0.5) is 22.0 Å². The van der Waals surface area contributed by atoms with E-state index in [0.29, 0.717) is 0 Å². The highest BCUT2D eigenvalue weighted by atomic mass is 35.5. The molecule has 0 saturated carbocycles. The number of rotatable bonds is 2. The maximum Gasteiger partial charge on any atom is 0.434 e. The zero-order chi connectivity index (χ0) is 12.5. The van der Waals surface area contributed by atoms with E-state index < -0.39 is 34.8 Å². The summed E-state index contributed by atoms with van der Waals surface area (Å²) in [5.74, 6) is -0.471. The summed E-state index contributed by atoms with van der Waals surface area (Å²) in [7, 11) is 1.06. The molecule has 1 heterocycles. The second kappa shape index (κ2) is 4.40. The van der Waals surface area contributed by atoms with Gasteiger partial charge in [0.1, 0.15) is 0 Å². The van der Waals surface area contributed by atoms with E-state index in [-0.39, 0.29) is 0 Å². The normalized spacial score (nSPS) is 12.0. The number of halogens is 6. The van der Waals surface area contributed by atoms with E-state index in [9.17, 15) is 22.0 Å². The number of pyridine rings is 1. The van der Waals surface area contributed by atoms with E-state index in [1.807, 2.05) is 0 Å². The Labute approximate surface area is 92.0 Å². The van der Waals surface area contributed by atoms with Crippen LogP contribution in [0.5, 0.6) is 5.88 Å². The number of methoxy groups -OCH3 is 1. The van der Waals surface area contributed by atoms with Gasteiger partial charge in [-0.1, -0.05) is 11.6 Å². The molecule has 0 N–H and O–H groups in total. The van der Waals surface area contributed by atoms with Crippen molar-refractivity contribution in [3.63, 3.8) is 0 Å². The zero-order valence-corrected chi connectivity index (χ0v) is 8.53. The molecule has 0 fully saturated rings. The molecule has 1 aromatic rings. The Morgan fingerprint density at radius 3 is 2.31 bits per heavy atom. The minimum atomic E-state index is -5.01. The molecule has 0 saturated heterocycles. The van der Waals surface area contributed by atoms with E-state index in [2.05, 4.69) is 9.72 Å². The summed E-state index contributed by atoms with van der Waals surface area (Å²) < 4.78 is 66.4. The second-order valence-corrected chi connectivity index (χ2v) is 3.11. The SMILES string of the molecule is COc1cc(Cl)c(C(F)F)c(C(F)(F)F)n1. The van der Waals surface area contributed by atoms with Crippen molar-refractivity contribution in [3.8, 4) is 5.88 Å². The van der Waals surface area contributed by atoms with E-state index in [0.717, 1.165) is 13.2 Å². The van der Waals surface area contributed by atoms with Crippen LogP contribution in [0.25, 0.3) is 0 Å². The van der Waals surface area contributed by atoms with Gasteiger partial charge in [-0.15, -0.1) is 0 Å². The third-order valence-corrected chi connectivity index (χ3v) is 1.99. The van der Waals surface area contributed by atoms with E-state index in [1.165, 1.54) is 0 Å². The van der Waals surface area contributed by atoms with Crippen molar-refractivity contribution in [1.29, 1.82) is 0 Å². The minimum Gasteiger partial charge on any atom is -0.481 e. The second-order valence-electron chi connectivity index (χ2n) is 2.71. The molecule has 0 radical (unpaired) electrons. The molecule has 1 rings (SSSR count). The van der Waals surface area contributed by atoms with Crippen LogP contribution in [0.15, 0.2) is 6.07 Å². The molecule has 16 heavy (non-hydrogen) atoms. The Bertz CT molecular complexity index is 393. The Morgan fingerprint density at radius 2 is 1.94 bits per heavy atom. The Hall–Kier alpha value is -1.11. The molecule has 0 aliphatic rings. The number of hydrogen-bond acceptors (Lipinski definition) is 2. The molecule has 1 aromatic heterocycles. The van der Waals surface area contributed by atoms with Gasteiger partial charge >= 0.3 is 6.18 Å². The highest BCUT2D eigenvalue weighted by Crippen LogP contribution is 2.40. The van der Waals surface area contributed by atoms with E-state index in [4.69, 9.17) is 11.6 Å². The summed E-state index contributed by atoms with van der Waals surface area (Å²) in [6, 6.07) is 0.804. The lowest BCUT2D eigenvalue weighted by molar-refractivity contribution is -0.143. The number of aromatic nitrogens is 1. The molecule has 0 aromatic carbocycles. The average Bonchev–Trinajstić information content (AvgIpc) is 2.14. The summed E-state index contributed by atoms with van der Waals surface area (Å²) >= 11 is 5.31. The first-order chi connectivity index (χ1) is 7.27. The van der Waals surface area contributed by atoms with Gasteiger partial charge in [-0.25, -0.2) is 13.8 Å².